The minimum absolute atomic E-state index is 0.147. The maximum absolute atomic E-state index is 12.8. The summed E-state index contributed by atoms with van der Waals surface area (Å²) in [5.41, 5.74) is 0. The summed E-state index contributed by atoms with van der Waals surface area (Å²) in [5, 5.41) is 40.1. The maximum Gasteiger partial charge on any atom is 0.306 e. The van der Waals surface area contributed by atoms with E-state index in [0.717, 1.165) is 64.2 Å². The fourth-order valence-electron chi connectivity index (χ4n) is 6.40. The fraction of sp³-hybridized carbons (Fsp3) is 0.714. The Hall–Kier alpha value is -2.86. The number of carbonyl (C=O) groups is 2. The molecule has 59 heavy (non-hydrogen) atoms. The molecule has 1 saturated heterocycles. The smallest absolute Gasteiger partial charge is 0.306 e. The number of carbonyl (C=O) groups excluding carboxylic acids is 2. The third kappa shape index (κ3) is 30.8. The maximum atomic E-state index is 12.8. The van der Waals surface area contributed by atoms with Crippen molar-refractivity contribution in [3.8, 4) is 0 Å². The average Bonchev–Trinajstić information content (AvgIpc) is 3.23. The van der Waals surface area contributed by atoms with Crippen molar-refractivity contribution < 1.29 is 49.0 Å². The van der Waals surface area contributed by atoms with Gasteiger partial charge in [0.25, 0.3) is 0 Å². The van der Waals surface area contributed by atoms with Gasteiger partial charge in [-0.25, -0.2) is 0 Å². The van der Waals surface area contributed by atoms with Crippen molar-refractivity contribution in [2.45, 2.75) is 205 Å². The molecule has 2 unspecified atom stereocenters. The lowest BCUT2D eigenvalue weighted by Gasteiger charge is -2.39. The molecule has 1 aliphatic heterocycles. The molecule has 10 heteroatoms. The summed E-state index contributed by atoms with van der Waals surface area (Å²) in [6, 6.07) is 0. The quantitative estimate of drug-likeness (QED) is 0.0271. The molecule has 0 aliphatic carbocycles. The monoisotopic (exact) mass is 831 g/mol. The molecule has 1 rings (SSSR count). The van der Waals surface area contributed by atoms with Crippen LogP contribution in [0.5, 0.6) is 0 Å². The van der Waals surface area contributed by atoms with Crippen LogP contribution in [0.25, 0.3) is 0 Å². The Labute approximate surface area is 357 Å². The van der Waals surface area contributed by atoms with Gasteiger partial charge in [-0.2, -0.15) is 0 Å². The zero-order chi connectivity index (χ0) is 43.0. The highest BCUT2D eigenvalue weighted by molar-refractivity contribution is 5.70. The first-order chi connectivity index (χ1) is 28.8. The molecule has 1 heterocycles. The molecule has 0 spiro atoms. The molecule has 6 atom stereocenters. The summed E-state index contributed by atoms with van der Waals surface area (Å²) < 4.78 is 22.1. The van der Waals surface area contributed by atoms with E-state index in [-0.39, 0.29) is 26.1 Å². The number of rotatable bonds is 37. The van der Waals surface area contributed by atoms with Crippen LogP contribution in [0.3, 0.4) is 0 Å². The van der Waals surface area contributed by atoms with E-state index in [1.54, 1.807) is 0 Å². The lowest BCUT2D eigenvalue weighted by Crippen LogP contribution is -2.59. The van der Waals surface area contributed by atoms with Crippen molar-refractivity contribution in [3.63, 3.8) is 0 Å². The molecule has 0 amide bonds. The van der Waals surface area contributed by atoms with Crippen molar-refractivity contribution in [1.29, 1.82) is 0 Å². The average molecular weight is 831 g/mol. The van der Waals surface area contributed by atoms with E-state index in [4.69, 9.17) is 18.9 Å². The zero-order valence-corrected chi connectivity index (χ0v) is 36.7. The van der Waals surface area contributed by atoms with E-state index in [9.17, 15) is 30.0 Å². The standard InChI is InChI=1S/C49H82O10/c1-3-5-7-9-11-13-15-17-19-20-21-22-24-25-27-29-31-33-35-37-44(51)56-40-42(41-57-49-48(55)47(54)46(53)43(39-50)59-49)58-45(52)38-36-34-32-30-28-26-23-18-16-14-12-10-8-6-4-2/h11,13,17-19,21-23,25,27,31,33,42-43,46-50,53-55H,3-10,12,14-16,20,24,26,28-30,32,34-41H2,1-2H3/b13-11+,19-17+,22-21+,23-18+,27-25+,33-31+/t42-,43-,46+,47?,48?,49-/m0/s1. The van der Waals surface area contributed by atoms with Crippen LogP contribution in [0.1, 0.15) is 168 Å². The molecule has 0 aromatic rings. The number of hydrogen-bond donors (Lipinski definition) is 4. The Morgan fingerprint density at radius 1 is 0.525 bits per heavy atom. The first-order valence-electron chi connectivity index (χ1n) is 23.0. The van der Waals surface area contributed by atoms with E-state index >= 15 is 0 Å². The van der Waals surface area contributed by atoms with Crippen molar-refractivity contribution >= 4 is 11.9 Å². The minimum atomic E-state index is -1.61. The van der Waals surface area contributed by atoms with Gasteiger partial charge < -0.3 is 39.4 Å². The van der Waals surface area contributed by atoms with Crippen LogP contribution in [0.15, 0.2) is 72.9 Å². The summed E-state index contributed by atoms with van der Waals surface area (Å²) in [4.78, 5) is 25.3. The SMILES string of the molecule is CCCCC/C=C/C/C=C/C/C=C/C/C=C/C/C=C/CCC(=O)OC[C@@H](CO[C@H]1O[C@@H](CO)[C@@H](O)C(O)C1O)OC(=O)CCCCCCC/C=C/CCCCCCCC. The molecule has 4 N–H and O–H groups in total. The lowest BCUT2D eigenvalue weighted by molar-refractivity contribution is -0.305. The minimum Gasteiger partial charge on any atom is -0.462 e. The number of unbranched alkanes of at least 4 members (excludes halogenated alkanes) is 14. The number of hydrogen-bond acceptors (Lipinski definition) is 10. The highest BCUT2D eigenvalue weighted by Gasteiger charge is 2.44. The first kappa shape index (κ1) is 54.2. The Kier molecular flexibility index (Phi) is 36.1. The second kappa shape index (κ2) is 39.3. The third-order valence-corrected chi connectivity index (χ3v) is 10.1. The van der Waals surface area contributed by atoms with Crippen LogP contribution >= 0.6 is 0 Å². The molecule has 0 radical (unpaired) electrons. The summed E-state index contributed by atoms with van der Waals surface area (Å²) in [6.07, 6.45) is 42.0. The number of aliphatic hydroxyl groups is 4. The van der Waals surface area contributed by atoms with Crippen molar-refractivity contribution in [1.82, 2.24) is 0 Å². The van der Waals surface area contributed by atoms with E-state index in [1.807, 2.05) is 12.2 Å². The predicted octanol–water partition coefficient (Wildman–Crippen LogP) is 10.00. The van der Waals surface area contributed by atoms with Crippen molar-refractivity contribution in [2.75, 3.05) is 19.8 Å². The van der Waals surface area contributed by atoms with E-state index in [2.05, 4.69) is 74.6 Å². The highest BCUT2D eigenvalue weighted by Crippen LogP contribution is 2.22. The predicted molar refractivity (Wildman–Crippen MR) is 238 cm³/mol. The molecule has 0 aromatic heterocycles. The first-order valence-corrected chi connectivity index (χ1v) is 23.0. The molecule has 10 nitrogen and oxygen atoms in total. The normalized spacial score (nSPS) is 20.7. The second-order valence-electron chi connectivity index (χ2n) is 15.5. The summed E-state index contributed by atoms with van der Waals surface area (Å²) in [5.74, 6) is -0.917. The summed E-state index contributed by atoms with van der Waals surface area (Å²) >= 11 is 0. The molecular formula is C49H82O10. The lowest BCUT2D eigenvalue weighted by atomic mass is 9.99. The van der Waals surface area contributed by atoms with Gasteiger partial charge in [-0.3, -0.25) is 9.59 Å². The molecule has 1 fully saturated rings. The Morgan fingerprint density at radius 3 is 1.54 bits per heavy atom. The zero-order valence-electron chi connectivity index (χ0n) is 36.7. The Balaban J connectivity index is 2.39. The van der Waals surface area contributed by atoms with Gasteiger partial charge in [0.2, 0.25) is 0 Å². The number of allylic oxidation sites excluding steroid dienone is 12. The van der Waals surface area contributed by atoms with Crippen molar-refractivity contribution in [3.05, 3.63) is 72.9 Å². The Bertz CT molecular complexity index is 1190. The van der Waals surface area contributed by atoms with E-state index in [1.165, 1.54) is 64.2 Å². The highest BCUT2D eigenvalue weighted by atomic mass is 16.7. The molecule has 338 valence electrons. The molecule has 0 bridgehead atoms. The number of ether oxygens (including phenoxy) is 4. The topological polar surface area (TPSA) is 152 Å². The van der Waals surface area contributed by atoms with Crippen LogP contribution in [0.2, 0.25) is 0 Å². The van der Waals surface area contributed by atoms with Gasteiger partial charge >= 0.3 is 11.9 Å². The summed E-state index contributed by atoms with van der Waals surface area (Å²) in [6.45, 7) is 3.30. The van der Waals surface area contributed by atoms with Gasteiger partial charge in [-0.05, 0) is 77.0 Å². The Morgan fingerprint density at radius 2 is 0.983 bits per heavy atom. The van der Waals surface area contributed by atoms with Crippen LogP contribution in [0, 0.1) is 0 Å². The van der Waals surface area contributed by atoms with Crippen LogP contribution < -0.4 is 0 Å². The molecule has 0 aromatic carbocycles. The largest absolute Gasteiger partial charge is 0.462 e. The fourth-order valence-corrected chi connectivity index (χ4v) is 6.40. The number of aliphatic hydroxyl groups excluding tert-OH is 4. The van der Waals surface area contributed by atoms with Crippen molar-refractivity contribution in [2.24, 2.45) is 0 Å². The molecule has 0 saturated carbocycles. The van der Waals surface area contributed by atoms with Crippen LogP contribution in [0.4, 0.5) is 0 Å². The number of esters is 2. The van der Waals surface area contributed by atoms with E-state index in [0.29, 0.717) is 12.8 Å². The van der Waals surface area contributed by atoms with E-state index < -0.39 is 55.4 Å². The van der Waals surface area contributed by atoms with Crippen LogP contribution in [-0.4, -0.2) is 89.0 Å². The molecular weight excluding hydrogens is 749 g/mol. The van der Waals surface area contributed by atoms with Gasteiger partial charge in [0, 0.05) is 12.8 Å². The van der Waals surface area contributed by atoms with Gasteiger partial charge in [-0.1, -0.05) is 151 Å². The molecule has 1 aliphatic rings. The van der Waals surface area contributed by atoms with Gasteiger partial charge in [0.1, 0.15) is 31.0 Å². The van der Waals surface area contributed by atoms with Gasteiger partial charge in [0.15, 0.2) is 12.4 Å². The van der Waals surface area contributed by atoms with Crippen LogP contribution in [-0.2, 0) is 28.5 Å². The third-order valence-electron chi connectivity index (χ3n) is 10.1. The second-order valence-corrected chi connectivity index (χ2v) is 15.5. The van der Waals surface area contributed by atoms with Gasteiger partial charge in [-0.15, -0.1) is 0 Å². The summed E-state index contributed by atoms with van der Waals surface area (Å²) in [7, 11) is 0. The van der Waals surface area contributed by atoms with Gasteiger partial charge in [0.05, 0.1) is 13.2 Å².